The lowest BCUT2D eigenvalue weighted by atomic mass is 10.1. The Bertz CT molecular complexity index is 921. The topological polar surface area (TPSA) is 83.4 Å². The van der Waals surface area contributed by atoms with Crippen molar-refractivity contribution in [2.75, 3.05) is 14.2 Å². The van der Waals surface area contributed by atoms with Crippen molar-refractivity contribution >= 4 is 23.9 Å². The molecule has 0 N–H and O–H groups in total. The molecule has 0 fully saturated rings. The predicted octanol–water partition coefficient (Wildman–Crippen LogP) is 2.97. The molecule has 1 heterocycles. The van der Waals surface area contributed by atoms with E-state index in [0.717, 1.165) is 0 Å². The number of rotatable bonds is 5. The molecule has 0 unspecified atom stereocenters. The van der Waals surface area contributed by atoms with Gasteiger partial charge >= 0.3 is 11.9 Å². The molecule has 0 radical (unpaired) electrons. The van der Waals surface area contributed by atoms with Gasteiger partial charge < -0.3 is 18.9 Å². The molecular formula is C20H17NO6. The number of carbonyl (C=O) groups is 2. The Morgan fingerprint density at radius 1 is 1.07 bits per heavy atom. The molecule has 0 aromatic heterocycles. The van der Waals surface area contributed by atoms with Crippen LogP contribution in [-0.4, -0.2) is 32.1 Å². The molecule has 0 aliphatic carbocycles. The van der Waals surface area contributed by atoms with Crippen LogP contribution in [0.15, 0.2) is 53.2 Å². The van der Waals surface area contributed by atoms with Gasteiger partial charge in [-0.25, -0.2) is 9.79 Å². The first-order valence-corrected chi connectivity index (χ1v) is 8.04. The maximum atomic E-state index is 12.1. The summed E-state index contributed by atoms with van der Waals surface area (Å²) >= 11 is 0. The van der Waals surface area contributed by atoms with Gasteiger partial charge in [0, 0.05) is 12.5 Å². The second-order valence-corrected chi connectivity index (χ2v) is 5.55. The van der Waals surface area contributed by atoms with E-state index in [2.05, 4.69) is 4.99 Å². The SMILES string of the molecule is COc1cc(/C=C2\N=C(c3ccccc3)OC2=O)cc(OC)c1OC(C)=O. The number of methoxy groups -OCH3 is 2. The first kappa shape index (κ1) is 18.2. The average Bonchev–Trinajstić information content (AvgIpc) is 3.03. The van der Waals surface area contributed by atoms with Gasteiger partial charge in [-0.1, -0.05) is 18.2 Å². The van der Waals surface area contributed by atoms with Gasteiger partial charge in [0.05, 0.1) is 14.2 Å². The van der Waals surface area contributed by atoms with Crippen LogP contribution in [-0.2, 0) is 14.3 Å². The average molecular weight is 367 g/mol. The molecule has 27 heavy (non-hydrogen) atoms. The summed E-state index contributed by atoms with van der Waals surface area (Å²) in [5.74, 6) is -0.0884. The van der Waals surface area contributed by atoms with Gasteiger partial charge in [-0.3, -0.25) is 4.79 Å². The van der Waals surface area contributed by atoms with Crippen LogP contribution in [0.5, 0.6) is 17.2 Å². The standard InChI is InChI=1S/C20H17NO6/c1-12(22)26-18-16(24-2)10-13(11-17(18)25-3)9-15-20(23)27-19(21-15)14-7-5-4-6-8-14/h4-11H,1-3H3/b15-9-. The molecule has 2 aromatic carbocycles. The molecule has 0 spiro atoms. The summed E-state index contributed by atoms with van der Waals surface area (Å²) < 4.78 is 20.9. The lowest BCUT2D eigenvalue weighted by Crippen LogP contribution is -2.05. The molecule has 138 valence electrons. The molecule has 7 heteroatoms. The van der Waals surface area contributed by atoms with Crippen LogP contribution in [0.1, 0.15) is 18.1 Å². The van der Waals surface area contributed by atoms with Gasteiger partial charge in [-0.05, 0) is 35.9 Å². The van der Waals surface area contributed by atoms with E-state index in [1.54, 1.807) is 30.3 Å². The first-order valence-electron chi connectivity index (χ1n) is 8.04. The first-order chi connectivity index (χ1) is 13.0. The van der Waals surface area contributed by atoms with Crippen molar-refractivity contribution in [2.24, 2.45) is 4.99 Å². The van der Waals surface area contributed by atoms with E-state index < -0.39 is 11.9 Å². The fraction of sp³-hybridized carbons (Fsp3) is 0.150. The highest BCUT2D eigenvalue weighted by Gasteiger charge is 2.24. The van der Waals surface area contributed by atoms with Crippen molar-refractivity contribution in [3.63, 3.8) is 0 Å². The van der Waals surface area contributed by atoms with Crippen LogP contribution in [0.3, 0.4) is 0 Å². The third-order valence-corrected chi connectivity index (χ3v) is 3.67. The predicted molar refractivity (Wildman–Crippen MR) is 97.9 cm³/mol. The molecular weight excluding hydrogens is 350 g/mol. The highest BCUT2D eigenvalue weighted by molar-refractivity contribution is 6.12. The summed E-state index contributed by atoms with van der Waals surface area (Å²) in [6, 6.07) is 12.3. The summed E-state index contributed by atoms with van der Waals surface area (Å²) in [6.07, 6.45) is 1.54. The Balaban J connectivity index is 2.00. The quantitative estimate of drug-likeness (QED) is 0.459. The van der Waals surface area contributed by atoms with Crippen LogP contribution < -0.4 is 14.2 Å². The fourth-order valence-corrected chi connectivity index (χ4v) is 2.50. The lowest BCUT2D eigenvalue weighted by Gasteiger charge is -2.13. The fourth-order valence-electron chi connectivity index (χ4n) is 2.50. The van der Waals surface area contributed by atoms with Crippen LogP contribution in [0.25, 0.3) is 6.08 Å². The van der Waals surface area contributed by atoms with Gasteiger partial charge in [0.25, 0.3) is 0 Å². The third-order valence-electron chi connectivity index (χ3n) is 3.67. The van der Waals surface area contributed by atoms with E-state index in [1.807, 2.05) is 18.2 Å². The number of hydrogen-bond donors (Lipinski definition) is 0. The molecule has 3 rings (SSSR count). The summed E-state index contributed by atoms with van der Waals surface area (Å²) in [4.78, 5) is 27.7. The number of ether oxygens (including phenoxy) is 4. The lowest BCUT2D eigenvalue weighted by molar-refractivity contribution is -0.132. The smallest absolute Gasteiger partial charge is 0.363 e. The van der Waals surface area contributed by atoms with Crippen molar-refractivity contribution in [3.8, 4) is 17.2 Å². The van der Waals surface area contributed by atoms with E-state index in [4.69, 9.17) is 18.9 Å². The Kier molecular flexibility index (Phi) is 5.21. The van der Waals surface area contributed by atoms with Crippen molar-refractivity contribution in [1.29, 1.82) is 0 Å². The van der Waals surface area contributed by atoms with E-state index in [9.17, 15) is 9.59 Å². The molecule has 0 saturated carbocycles. The molecule has 0 saturated heterocycles. The highest BCUT2D eigenvalue weighted by Crippen LogP contribution is 2.39. The van der Waals surface area contributed by atoms with E-state index in [0.29, 0.717) is 11.1 Å². The number of carbonyl (C=O) groups excluding carboxylic acids is 2. The molecule has 0 atom stereocenters. The highest BCUT2D eigenvalue weighted by atomic mass is 16.6. The second kappa shape index (κ2) is 7.74. The molecule has 0 bridgehead atoms. The zero-order valence-corrected chi connectivity index (χ0v) is 15.0. The number of hydrogen-bond acceptors (Lipinski definition) is 7. The Hall–Kier alpha value is -3.61. The molecule has 1 aliphatic heterocycles. The summed E-state index contributed by atoms with van der Waals surface area (Å²) in [6.45, 7) is 1.28. The van der Waals surface area contributed by atoms with Crippen molar-refractivity contribution in [3.05, 3.63) is 59.3 Å². The minimum atomic E-state index is -0.559. The monoisotopic (exact) mass is 367 g/mol. The van der Waals surface area contributed by atoms with Crippen molar-refractivity contribution < 1.29 is 28.5 Å². The Labute approximate surface area is 155 Å². The van der Waals surface area contributed by atoms with Gasteiger partial charge in [0.2, 0.25) is 11.6 Å². The maximum absolute atomic E-state index is 12.1. The van der Waals surface area contributed by atoms with Crippen molar-refractivity contribution in [2.45, 2.75) is 6.92 Å². The van der Waals surface area contributed by atoms with Gasteiger partial charge in [0.15, 0.2) is 17.2 Å². The number of aliphatic imine (C=N–C) groups is 1. The van der Waals surface area contributed by atoms with Crippen LogP contribution in [0.2, 0.25) is 0 Å². The zero-order valence-electron chi connectivity index (χ0n) is 15.0. The molecule has 0 amide bonds. The normalized spacial score (nSPS) is 14.6. The summed E-state index contributed by atoms with van der Waals surface area (Å²) in [5, 5.41) is 0. The zero-order chi connectivity index (χ0) is 19.4. The Morgan fingerprint density at radius 3 is 2.26 bits per heavy atom. The largest absolute Gasteiger partial charge is 0.493 e. The molecule has 7 nitrogen and oxygen atoms in total. The van der Waals surface area contributed by atoms with Crippen LogP contribution >= 0.6 is 0 Å². The summed E-state index contributed by atoms with van der Waals surface area (Å²) in [5.41, 5.74) is 1.41. The number of cyclic esters (lactones) is 1. The van der Waals surface area contributed by atoms with Gasteiger partial charge in [-0.15, -0.1) is 0 Å². The van der Waals surface area contributed by atoms with E-state index in [1.165, 1.54) is 21.1 Å². The van der Waals surface area contributed by atoms with E-state index >= 15 is 0 Å². The number of nitrogens with zero attached hydrogens (tertiary/aromatic N) is 1. The Morgan fingerprint density at radius 2 is 1.70 bits per heavy atom. The summed E-state index contributed by atoms with van der Waals surface area (Å²) in [7, 11) is 2.88. The number of esters is 2. The van der Waals surface area contributed by atoms with Gasteiger partial charge in [-0.2, -0.15) is 0 Å². The third kappa shape index (κ3) is 3.98. The minimum Gasteiger partial charge on any atom is -0.493 e. The van der Waals surface area contributed by atoms with E-state index in [-0.39, 0.29) is 28.8 Å². The van der Waals surface area contributed by atoms with Crippen molar-refractivity contribution in [1.82, 2.24) is 0 Å². The van der Waals surface area contributed by atoms with Gasteiger partial charge in [0.1, 0.15) is 0 Å². The van der Waals surface area contributed by atoms with Crippen LogP contribution in [0.4, 0.5) is 0 Å². The second-order valence-electron chi connectivity index (χ2n) is 5.55. The molecule has 1 aliphatic rings. The molecule has 2 aromatic rings. The van der Waals surface area contributed by atoms with Crippen LogP contribution in [0, 0.1) is 0 Å². The maximum Gasteiger partial charge on any atom is 0.363 e. The number of benzene rings is 2. The minimum absolute atomic E-state index is 0.137.